The van der Waals surface area contributed by atoms with Gasteiger partial charge >= 0.3 is 0 Å². The molecule has 0 saturated carbocycles. The summed E-state index contributed by atoms with van der Waals surface area (Å²) >= 11 is 4.87. The minimum absolute atomic E-state index is 0.201. The Morgan fingerprint density at radius 1 is 1.24 bits per heavy atom. The molecule has 0 spiro atoms. The maximum Gasteiger partial charge on any atom is 0.257 e. The van der Waals surface area contributed by atoms with Crippen LogP contribution in [0.15, 0.2) is 30.3 Å². The molecular formula is C15H16N4OS. The van der Waals surface area contributed by atoms with Crippen molar-refractivity contribution in [3.05, 3.63) is 52.8 Å². The van der Waals surface area contributed by atoms with E-state index in [9.17, 15) is 4.79 Å². The van der Waals surface area contributed by atoms with Gasteiger partial charge in [0, 0.05) is 12.1 Å². The molecule has 2 rings (SSSR count). The zero-order chi connectivity index (χ0) is 15.4. The van der Waals surface area contributed by atoms with Crippen molar-refractivity contribution >= 4 is 28.8 Å². The normalized spacial score (nSPS) is 10.2. The Labute approximate surface area is 128 Å². The van der Waals surface area contributed by atoms with Crippen molar-refractivity contribution in [2.24, 2.45) is 5.73 Å². The molecule has 1 aromatic heterocycles. The molecular weight excluding hydrogens is 284 g/mol. The third kappa shape index (κ3) is 4.06. The van der Waals surface area contributed by atoms with Gasteiger partial charge in [-0.15, -0.1) is 0 Å². The van der Waals surface area contributed by atoms with Gasteiger partial charge in [-0.25, -0.2) is 0 Å². The van der Waals surface area contributed by atoms with Crippen LogP contribution >= 0.6 is 12.2 Å². The maximum atomic E-state index is 12.2. The number of thiocarbonyl (C=S) groups is 1. The molecule has 3 N–H and O–H groups in total. The molecule has 0 fully saturated rings. The standard InChI is InChI=1S/C15H16N4OS/c1-9-7-13(10(2)19-18-9)15(20)17-12-5-3-11(4-6-12)8-14(16)21/h3-7H,8H2,1-2H3,(H2,16,21)(H,17,20). The molecule has 1 heterocycles. The van der Waals surface area contributed by atoms with Crippen molar-refractivity contribution in [3.8, 4) is 0 Å². The highest BCUT2D eigenvalue weighted by molar-refractivity contribution is 7.80. The zero-order valence-corrected chi connectivity index (χ0v) is 12.7. The maximum absolute atomic E-state index is 12.2. The van der Waals surface area contributed by atoms with Crippen molar-refractivity contribution in [1.29, 1.82) is 0 Å². The van der Waals surface area contributed by atoms with Crippen LogP contribution in [0.4, 0.5) is 5.69 Å². The molecule has 0 aliphatic carbocycles. The fourth-order valence-electron chi connectivity index (χ4n) is 1.89. The van der Waals surface area contributed by atoms with Crippen LogP contribution in [0.3, 0.4) is 0 Å². The first-order valence-corrected chi connectivity index (χ1v) is 6.86. The highest BCUT2D eigenvalue weighted by atomic mass is 32.1. The lowest BCUT2D eigenvalue weighted by Gasteiger charge is -2.08. The van der Waals surface area contributed by atoms with E-state index in [0.717, 1.165) is 5.56 Å². The SMILES string of the molecule is Cc1cc(C(=O)Nc2ccc(CC(N)=S)cc2)c(C)nn1. The largest absolute Gasteiger partial charge is 0.393 e. The monoisotopic (exact) mass is 300 g/mol. The second-order valence-electron chi connectivity index (χ2n) is 4.78. The first-order valence-electron chi connectivity index (χ1n) is 6.45. The molecule has 0 bridgehead atoms. The number of rotatable bonds is 4. The fraction of sp³-hybridized carbons (Fsp3) is 0.200. The first-order chi connectivity index (χ1) is 9.95. The molecule has 1 aromatic carbocycles. The average Bonchev–Trinajstić information content (AvgIpc) is 2.43. The Morgan fingerprint density at radius 2 is 1.90 bits per heavy atom. The minimum atomic E-state index is -0.201. The number of nitrogens with two attached hydrogens (primary N) is 1. The summed E-state index contributed by atoms with van der Waals surface area (Å²) in [6, 6.07) is 9.14. The number of amides is 1. The predicted octanol–water partition coefficient (Wildman–Crippen LogP) is 2.17. The molecule has 6 heteroatoms. The summed E-state index contributed by atoms with van der Waals surface area (Å²) in [6.07, 6.45) is 0.552. The van der Waals surface area contributed by atoms with Gasteiger partial charge < -0.3 is 11.1 Å². The molecule has 0 atom stereocenters. The lowest BCUT2D eigenvalue weighted by molar-refractivity contribution is 0.102. The van der Waals surface area contributed by atoms with E-state index in [-0.39, 0.29) is 5.91 Å². The average molecular weight is 300 g/mol. The molecule has 0 aliphatic rings. The molecule has 108 valence electrons. The number of aromatic nitrogens is 2. The highest BCUT2D eigenvalue weighted by Gasteiger charge is 2.11. The molecule has 0 aliphatic heterocycles. The minimum Gasteiger partial charge on any atom is -0.393 e. The molecule has 0 radical (unpaired) electrons. The first kappa shape index (κ1) is 15.1. The summed E-state index contributed by atoms with van der Waals surface area (Å²) in [5.74, 6) is -0.201. The quantitative estimate of drug-likeness (QED) is 0.846. The van der Waals surface area contributed by atoms with Gasteiger partial charge in [-0.1, -0.05) is 24.4 Å². The van der Waals surface area contributed by atoms with E-state index in [1.165, 1.54) is 0 Å². The van der Waals surface area contributed by atoms with Gasteiger partial charge in [-0.3, -0.25) is 4.79 Å². The van der Waals surface area contributed by atoms with Crippen LogP contribution in [0.1, 0.15) is 27.3 Å². The molecule has 0 unspecified atom stereocenters. The van der Waals surface area contributed by atoms with E-state index in [1.54, 1.807) is 19.9 Å². The van der Waals surface area contributed by atoms with E-state index in [0.29, 0.717) is 34.0 Å². The molecule has 21 heavy (non-hydrogen) atoms. The van der Waals surface area contributed by atoms with E-state index < -0.39 is 0 Å². The van der Waals surface area contributed by atoms with Gasteiger partial charge in [0.2, 0.25) is 0 Å². The smallest absolute Gasteiger partial charge is 0.257 e. The van der Waals surface area contributed by atoms with Crippen LogP contribution in [0.25, 0.3) is 0 Å². The van der Waals surface area contributed by atoms with Crippen molar-refractivity contribution in [3.63, 3.8) is 0 Å². The van der Waals surface area contributed by atoms with Crippen LogP contribution in [-0.2, 0) is 6.42 Å². The summed E-state index contributed by atoms with van der Waals surface area (Å²) in [5, 5.41) is 10.7. The summed E-state index contributed by atoms with van der Waals surface area (Å²) in [5.41, 5.74) is 9.05. The van der Waals surface area contributed by atoms with Crippen molar-refractivity contribution in [2.75, 3.05) is 5.32 Å². The van der Waals surface area contributed by atoms with Gasteiger partial charge in [0.05, 0.1) is 21.9 Å². The van der Waals surface area contributed by atoms with Crippen LogP contribution in [-0.4, -0.2) is 21.1 Å². The summed E-state index contributed by atoms with van der Waals surface area (Å²) in [6.45, 7) is 3.56. The van der Waals surface area contributed by atoms with Crippen LogP contribution in [0, 0.1) is 13.8 Å². The van der Waals surface area contributed by atoms with Crippen molar-refractivity contribution in [1.82, 2.24) is 10.2 Å². The summed E-state index contributed by atoms with van der Waals surface area (Å²) in [4.78, 5) is 12.7. The van der Waals surface area contributed by atoms with Crippen LogP contribution in [0.5, 0.6) is 0 Å². The lowest BCUT2D eigenvalue weighted by atomic mass is 10.1. The number of hydrogen-bond donors (Lipinski definition) is 2. The number of aryl methyl sites for hydroxylation is 2. The van der Waals surface area contributed by atoms with Crippen LogP contribution in [0.2, 0.25) is 0 Å². The molecule has 5 nitrogen and oxygen atoms in total. The van der Waals surface area contributed by atoms with Gasteiger partial charge in [0.1, 0.15) is 0 Å². The lowest BCUT2D eigenvalue weighted by Crippen LogP contribution is -2.15. The Kier molecular flexibility index (Phi) is 4.59. The third-order valence-electron chi connectivity index (χ3n) is 2.94. The number of anilines is 1. The van der Waals surface area contributed by atoms with E-state index in [2.05, 4.69) is 15.5 Å². The van der Waals surface area contributed by atoms with Gasteiger partial charge in [0.25, 0.3) is 5.91 Å². The van der Waals surface area contributed by atoms with Crippen LogP contribution < -0.4 is 11.1 Å². The second-order valence-corrected chi connectivity index (χ2v) is 5.30. The highest BCUT2D eigenvalue weighted by Crippen LogP contribution is 2.13. The fourth-order valence-corrected chi connectivity index (χ4v) is 2.05. The number of nitrogens with one attached hydrogen (secondary N) is 1. The van der Waals surface area contributed by atoms with Crippen molar-refractivity contribution < 1.29 is 4.79 Å². The molecule has 1 amide bonds. The van der Waals surface area contributed by atoms with E-state index in [4.69, 9.17) is 18.0 Å². The predicted molar refractivity (Wildman–Crippen MR) is 86.4 cm³/mol. The molecule has 2 aromatic rings. The number of carbonyl (C=O) groups is 1. The van der Waals surface area contributed by atoms with Crippen molar-refractivity contribution in [2.45, 2.75) is 20.3 Å². The Bertz CT molecular complexity index is 683. The zero-order valence-electron chi connectivity index (χ0n) is 11.9. The third-order valence-corrected chi connectivity index (χ3v) is 3.08. The van der Waals surface area contributed by atoms with E-state index in [1.807, 2.05) is 24.3 Å². The topological polar surface area (TPSA) is 80.9 Å². The van der Waals surface area contributed by atoms with Gasteiger partial charge in [-0.2, -0.15) is 10.2 Å². The molecule has 0 saturated heterocycles. The summed E-state index contributed by atoms with van der Waals surface area (Å²) in [7, 11) is 0. The Morgan fingerprint density at radius 3 is 2.52 bits per heavy atom. The second kappa shape index (κ2) is 6.41. The summed E-state index contributed by atoms with van der Waals surface area (Å²) < 4.78 is 0. The van der Waals surface area contributed by atoms with E-state index >= 15 is 0 Å². The number of hydrogen-bond acceptors (Lipinski definition) is 4. The number of carbonyl (C=O) groups excluding carboxylic acids is 1. The number of benzene rings is 1. The Hall–Kier alpha value is -2.34. The number of nitrogens with zero attached hydrogens (tertiary/aromatic N) is 2. The van der Waals surface area contributed by atoms with Gasteiger partial charge in [0.15, 0.2) is 0 Å². The van der Waals surface area contributed by atoms with Gasteiger partial charge in [-0.05, 0) is 37.6 Å². The Balaban J connectivity index is 2.12.